The lowest BCUT2D eigenvalue weighted by Gasteiger charge is -1.97. The van der Waals surface area contributed by atoms with Crippen LogP contribution in [0.3, 0.4) is 0 Å². The molecule has 0 saturated heterocycles. The molecule has 2 aromatic carbocycles. The Balaban J connectivity index is 1.96. The van der Waals surface area contributed by atoms with Gasteiger partial charge in [0.25, 0.3) is 6.47 Å². The molecular formula is C19H14O5. The van der Waals surface area contributed by atoms with E-state index in [0.717, 1.165) is 11.1 Å². The quantitative estimate of drug-likeness (QED) is 0.625. The minimum atomic E-state index is -0.992. The van der Waals surface area contributed by atoms with Crippen LogP contribution in [0.2, 0.25) is 0 Å². The van der Waals surface area contributed by atoms with Crippen molar-refractivity contribution in [2.75, 3.05) is 0 Å². The highest BCUT2D eigenvalue weighted by atomic mass is 16.5. The van der Waals surface area contributed by atoms with Crippen LogP contribution >= 0.6 is 0 Å². The Bertz CT molecular complexity index is 784. The standard InChI is InChI=1S/C19H14O5/c20-13-24-18-11-5-15(6-12-18)4-10-17(21)9-3-14-1-7-16(8-2-14)19(22)23/h1-13H,(H,22,23)/b9-3+,10-4+. The van der Waals surface area contributed by atoms with E-state index in [-0.39, 0.29) is 11.3 Å². The highest BCUT2D eigenvalue weighted by Gasteiger charge is 2.00. The Labute approximate surface area is 138 Å². The number of ketones is 1. The number of rotatable bonds is 7. The lowest BCUT2D eigenvalue weighted by molar-refractivity contribution is -0.120. The molecule has 2 rings (SSSR count). The minimum absolute atomic E-state index is 0.195. The molecule has 0 heterocycles. The second-order valence-corrected chi connectivity index (χ2v) is 4.78. The summed E-state index contributed by atoms with van der Waals surface area (Å²) in [4.78, 5) is 32.7. The maximum absolute atomic E-state index is 11.8. The number of carbonyl (C=O) groups excluding carboxylic acids is 2. The summed E-state index contributed by atoms with van der Waals surface area (Å²) in [5, 5.41) is 8.81. The fourth-order valence-electron chi connectivity index (χ4n) is 1.86. The average Bonchev–Trinajstić information content (AvgIpc) is 2.60. The molecule has 2 aromatic rings. The summed E-state index contributed by atoms with van der Waals surface area (Å²) in [5.74, 6) is -0.766. The Morgan fingerprint density at radius 1 is 0.833 bits per heavy atom. The summed E-state index contributed by atoms with van der Waals surface area (Å²) in [7, 11) is 0. The maximum Gasteiger partial charge on any atom is 0.335 e. The van der Waals surface area contributed by atoms with Crippen LogP contribution in [-0.2, 0) is 9.59 Å². The first-order valence-electron chi connectivity index (χ1n) is 7.02. The molecule has 120 valence electrons. The van der Waals surface area contributed by atoms with Gasteiger partial charge in [-0.15, -0.1) is 0 Å². The van der Waals surface area contributed by atoms with Crippen molar-refractivity contribution < 1.29 is 24.2 Å². The van der Waals surface area contributed by atoms with Gasteiger partial charge in [0.05, 0.1) is 5.56 Å². The number of hydrogen-bond acceptors (Lipinski definition) is 4. The molecule has 0 bridgehead atoms. The van der Waals surface area contributed by atoms with E-state index >= 15 is 0 Å². The molecule has 5 nitrogen and oxygen atoms in total. The van der Waals surface area contributed by atoms with Crippen molar-refractivity contribution in [1.82, 2.24) is 0 Å². The molecule has 0 amide bonds. The fourth-order valence-corrected chi connectivity index (χ4v) is 1.86. The molecule has 0 radical (unpaired) electrons. The summed E-state index contributed by atoms with van der Waals surface area (Å²) in [6.07, 6.45) is 6.07. The second kappa shape index (κ2) is 8.24. The van der Waals surface area contributed by atoms with Crippen LogP contribution in [0, 0.1) is 0 Å². The highest BCUT2D eigenvalue weighted by molar-refractivity contribution is 6.04. The van der Waals surface area contributed by atoms with Crippen molar-refractivity contribution in [2.24, 2.45) is 0 Å². The lowest BCUT2D eigenvalue weighted by atomic mass is 10.1. The third-order valence-corrected chi connectivity index (χ3v) is 3.10. The average molecular weight is 322 g/mol. The molecule has 0 spiro atoms. The lowest BCUT2D eigenvalue weighted by Crippen LogP contribution is -1.94. The zero-order chi connectivity index (χ0) is 17.4. The van der Waals surface area contributed by atoms with Gasteiger partial charge in [0.1, 0.15) is 5.75 Å². The molecule has 0 aliphatic heterocycles. The molecule has 0 fully saturated rings. The van der Waals surface area contributed by atoms with E-state index < -0.39 is 5.97 Å². The van der Waals surface area contributed by atoms with Gasteiger partial charge in [-0.2, -0.15) is 0 Å². The van der Waals surface area contributed by atoms with Gasteiger partial charge in [0, 0.05) is 0 Å². The van der Waals surface area contributed by atoms with Crippen LogP contribution in [0.5, 0.6) is 5.75 Å². The first kappa shape index (κ1) is 16.9. The van der Waals surface area contributed by atoms with Gasteiger partial charge in [0.15, 0.2) is 5.78 Å². The van der Waals surface area contributed by atoms with E-state index in [4.69, 9.17) is 5.11 Å². The van der Waals surface area contributed by atoms with Crippen molar-refractivity contribution in [3.8, 4) is 5.75 Å². The van der Waals surface area contributed by atoms with Crippen molar-refractivity contribution in [3.05, 3.63) is 77.4 Å². The van der Waals surface area contributed by atoms with E-state index in [9.17, 15) is 14.4 Å². The Kier molecular flexibility index (Phi) is 5.80. The van der Waals surface area contributed by atoms with Gasteiger partial charge in [-0.05, 0) is 47.5 Å². The van der Waals surface area contributed by atoms with E-state index in [1.54, 1.807) is 48.6 Å². The van der Waals surface area contributed by atoms with Gasteiger partial charge in [-0.1, -0.05) is 36.4 Å². The van der Waals surface area contributed by atoms with E-state index in [1.807, 2.05) is 0 Å². The van der Waals surface area contributed by atoms with Crippen LogP contribution in [0.15, 0.2) is 60.7 Å². The Hall–Kier alpha value is -3.47. The van der Waals surface area contributed by atoms with Crippen molar-refractivity contribution >= 4 is 30.4 Å². The number of hydrogen-bond donors (Lipinski definition) is 1. The zero-order valence-electron chi connectivity index (χ0n) is 12.6. The molecule has 24 heavy (non-hydrogen) atoms. The van der Waals surface area contributed by atoms with Crippen LogP contribution in [0.1, 0.15) is 21.5 Å². The smallest absolute Gasteiger partial charge is 0.335 e. The van der Waals surface area contributed by atoms with Crippen LogP contribution in [0.25, 0.3) is 12.2 Å². The van der Waals surface area contributed by atoms with Gasteiger partial charge in [-0.25, -0.2) is 4.79 Å². The molecule has 0 aliphatic carbocycles. The monoisotopic (exact) mass is 322 g/mol. The minimum Gasteiger partial charge on any atom is -0.478 e. The number of carboxylic acid groups (broad SMARTS) is 1. The number of aromatic carboxylic acids is 1. The molecule has 0 saturated carbocycles. The Morgan fingerprint density at radius 2 is 1.33 bits per heavy atom. The van der Waals surface area contributed by atoms with Crippen molar-refractivity contribution in [1.29, 1.82) is 0 Å². The van der Waals surface area contributed by atoms with Crippen LogP contribution < -0.4 is 4.74 Å². The van der Waals surface area contributed by atoms with Crippen LogP contribution in [0.4, 0.5) is 0 Å². The predicted octanol–water partition coefficient (Wildman–Crippen LogP) is 3.22. The first-order chi connectivity index (χ1) is 11.6. The highest BCUT2D eigenvalue weighted by Crippen LogP contribution is 2.12. The van der Waals surface area contributed by atoms with Gasteiger partial charge < -0.3 is 9.84 Å². The molecule has 0 aliphatic rings. The number of allylic oxidation sites excluding steroid dienone is 2. The molecule has 0 atom stereocenters. The zero-order valence-corrected chi connectivity index (χ0v) is 12.6. The van der Waals surface area contributed by atoms with Gasteiger partial charge in [0.2, 0.25) is 0 Å². The summed E-state index contributed by atoms with van der Waals surface area (Å²) >= 11 is 0. The normalized spacial score (nSPS) is 10.8. The third kappa shape index (κ3) is 5.06. The Morgan fingerprint density at radius 3 is 1.79 bits per heavy atom. The van der Waals surface area contributed by atoms with Crippen molar-refractivity contribution in [3.63, 3.8) is 0 Å². The summed E-state index contributed by atoms with van der Waals surface area (Å²) < 4.78 is 4.68. The molecule has 0 aromatic heterocycles. The van der Waals surface area contributed by atoms with Gasteiger partial charge >= 0.3 is 5.97 Å². The van der Waals surface area contributed by atoms with E-state index in [1.165, 1.54) is 24.3 Å². The van der Waals surface area contributed by atoms with Crippen molar-refractivity contribution in [2.45, 2.75) is 0 Å². The second-order valence-electron chi connectivity index (χ2n) is 4.78. The first-order valence-corrected chi connectivity index (χ1v) is 7.02. The number of benzene rings is 2. The van der Waals surface area contributed by atoms with E-state index in [2.05, 4.69) is 4.74 Å². The summed E-state index contributed by atoms with van der Waals surface area (Å²) in [6.45, 7) is 0.349. The summed E-state index contributed by atoms with van der Waals surface area (Å²) in [5.41, 5.74) is 1.72. The SMILES string of the molecule is O=COc1ccc(/C=C/C(=O)/C=C/c2ccc(C(=O)O)cc2)cc1. The molecular weight excluding hydrogens is 308 g/mol. The van der Waals surface area contributed by atoms with Crippen LogP contribution in [-0.4, -0.2) is 23.3 Å². The van der Waals surface area contributed by atoms with E-state index in [0.29, 0.717) is 12.2 Å². The fraction of sp³-hybridized carbons (Fsp3) is 0. The number of carboxylic acids is 1. The number of carbonyl (C=O) groups is 3. The maximum atomic E-state index is 11.8. The number of ether oxygens (including phenoxy) is 1. The summed E-state index contributed by atoms with van der Waals surface area (Å²) in [6, 6.07) is 12.9. The third-order valence-electron chi connectivity index (χ3n) is 3.10. The largest absolute Gasteiger partial charge is 0.478 e. The molecule has 1 N–H and O–H groups in total. The molecule has 5 heteroatoms. The van der Waals surface area contributed by atoms with Gasteiger partial charge in [-0.3, -0.25) is 9.59 Å². The molecule has 0 unspecified atom stereocenters. The predicted molar refractivity (Wildman–Crippen MR) is 89.6 cm³/mol. The topological polar surface area (TPSA) is 80.7 Å².